The van der Waals surface area contributed by atoms with Crippen molar-refractivity contribution in [2.45, 2.75) is 39.7 Å². The number of rotatable bonds is 5. The number of hydrogen-bond acceptors (Lipinski definition) is 3. The van der Waals surface area contributed by atoms with Gasteiger partial charge in [-0.1, -0.05) is 20.8 Å². The fourth-order valence-electron chi connectivity index (χ4n) is 2.06. The predicted octanol–water partition coefficient (Wildman–Crippen LogP) is 1.53. The molecule has 3 N–H and O–H groups in total. The van der Waals surface area contributed by atoms with Crippen LogP contribution in [0, 0.1) is 5.92 Å². The van der Waals surface area contributed by atoms with Crippen molar-refractivity contribution in [2.75, 3.05) is 6.61 Å². The summed E-state index contributed by atoms with van der Waals surface area (Å²) in [5.74, 6) is 0.106. The van der Waals surface area contributed by atoms with Gasteiger partial charge >= 0.3 is 0 Å². The molecule has 4 heteroatoms. The zero-order chi connectivity index (χ0) is 13.0. The highest BCUT2D eigenvalue weighted by molar-refractivity contribution is 5.37. The first-order chi connectivity index (χ1) is 8.06. The molecule has 1 rings (SSSR count). The molecule has 0 saturated carbocycles. The summed E-state index contributed by atoms with van der Waals surface area (Å²) in [6.07, 6.45) is 3.27. The molecule has 1 aromatic rings. The number of aliphatic hydroxyl groups is 1. The number of aromatic hydroxyl groups is 2. The summed E-state index contributed by atoms with van der Waals surface area (Å²) < 4.78 is 1.86. The summed E-state index contributed by atoms with van der Waals surface area (Å²) in [5, 5.41) is 28.8. The van der Waals surface area contributed by atoms with Crippen LogP contribution in [0.1, 0.15) is 38.9 Å². The van der Waals surface area contributed by atoms with E-state index in [0.717, 1.165) is 6.42 Å². The number of pyridine rings is 1. The Hall–Kier alpha value is -1.29. The second-order valence-corrected chi connectivity index (χ2v) is 4.39. The number of hydrogen-bond donors (Lipinski definition) is 3. The van der Waals surface area contributed by atoms with Crippen LogP contribution in [0.15, 0.2) is 12.3 Å². The van der Waals surface area contributed by atoms with Crippen molar-refractivity contribution in [3.63, 3.8) is 0 Å². The maximum atomic E-state index is 9.82. The van der Waals surface area contributed by atoms with Gasteiger partial charge in [0.2, 0.25) is 11.4 Å². The first kappa shape index (κ1) is 13.8. The van der Waals surface area contributed by atoms with E-state index in [9.17, 15) is 15.3 Å². The molecule has 0 unspecified atom stereocenters. The lowest BCUT2D eigenvalue weighted by molar-refractivity contribution is -0.738. The van der Waals surface area contributed by atoms with E-state index in [4.69, 9.17) is 0 Å². The fourth-order valence-corrected chi connectivity index (χ4v) is 2.06. The first-order valence-corrected chi connectivity index (χ1v) is 6.12. The molecule has 2 atom stereocenters. The Morgan fingerprint density at radius 1 is 1.29 bits per heavy atom. The van der Waals surface area contributed by atoms with Gasteiger partial charge in [-0.3, -0.25) is 0 Å². The smallest absolute Gasteiger partial charge is 0.227 e. The van der Waals surface area contributed by atoms with E-state index in [1.165, 1.54) is 6.07 Å². The first-order valence-electron chi connectivity index (χ1n) is 6.12. The van der Waals surface area contributed by atoms with Crippen molar-refractivity contribution in [1.82, 2.24) is 0 Å². The normalized spacial score (nSPS) is 14.6. The Bertz CT molecular complexity index is 379. The van der Waals surface area contributed by atoms with Crippen molar-refractivity contribution in [2.24, 2.45) is 5.92 Å². The molecule has 0 bridgehead atoms. The van der Waals surface area contributed by atoms with E-state index in [2.05, 4.69) is 13.8 Å². The largest absolute Gasteiger partial charge is 0.504 e. The quantitative estimate of drug-likeness (QED) is 0.684. The standard InChI is InChI=1S/C13H21NO3/c1-4-9(3)11(8-15)14-7-6-12(16)13(17)10(14)5-2/h6-7,9,11,15,17H,4-5,8H2,1-3H3/p+1/t9-,11+/m0/s1. The molecular formula is C13H22NO3+. The molecule has 0 spiro atoms. The molecule has 4 nitrogen and oxygen atoms in total. The van der Waals surface area contributed by atoms with Gasteiger partial charge in [0.05, 0.1) is 0 Å². The van der Waals surface area contributed by atoms with E-state index in [1.807, 2.05) is 11.5 Å². The van der Waals surface area contributed by atoms with Gasteiger partial charge in [0.1, 0.15) is 6.61 Å². The van der Waals surface area contributed by atoms with Crippen LogP contribution >= 0.6 is 0 Å². The van der Waals surface area contributed by atoms with Gasteiger partial charge in [-0.25, -0.2) is 0 Å². The van der Waals surface area contributed by atoms with Crippen LogP contribution in [-0.4, -0.2) is 21.9 Å². The van der Waals surface area contributed by atoms with Gasteiger partial charge in [-0.15, -0.1) is 0 Å². The SMILES string of the molecule is CCc1c(O)c(O)cc[n+]1[C@H](CO)[C@@H](C)CC. The minimum absolute atomic E-state index is 0.0247. The Labute approximate surface area is 102 Å². The van der Waals surface area contributed by atoms with Crippen molar-refractivity contribution in [3.8, 4) is 11.5 Å². The molecule has 0 amide bonds. The zero-order valence-electron chi connectivity index (χ0n) is 10.7. The number of nitrogens with zero attached hydrogens (tertiary/aromatic N) is 1. The Morgan fingerprint density at radius 2 is 1.94 bits per heavy atom. The minimum Gasteiger partial charge on any atom is -0.504 e. The van der Waals surface area contributed by atoms with Crippen LogP contribution in [-0.2, 0) is 6.42 Å². The summed E-state index contributed by atoms with van der Waals surface area (Å²) in [4.78, 5) is 0. The molecule has 96 valence electrons. The molecule has 0 aliphatic heterocycles. The molecule has 0 aromatic carbocycles. The monoisotopic (exact) mass is 240 g/mol. The van der Waals surface area contributed by atoms with E-state index in [-0.39, 0.29) is 24.1 Å². The third-order valence-electron chi connectivity index (χ3n) is 3.40. The van der Waals surface area contributed by atoms with E-state index in [0.29, 0.717) is 18.0 Å². The van der Waals surface area contributed by atoms with Crippen LogP contribution in [0.25, 0.3) is 0 Å². The third-order valence-corrected chi connectivity index (χ3v) is 3.40. The van der Waals surface area contributed by atoms with Crippen molar-refractivity contribution in [3.05, 3.63) is 18.0 Å². The second kappa shape index (κ2) is 5.87. The van der Waals surface area contributed by atoms with Crippen LogP contribution in [0.3, 0.4) is 0 Å². The predicted molar refractivity (Wildman–Crippen MR) is 64.9 cm³/mol. The summed E-state index contributed by atoms with van der Waals surface area (Å²) >= 11 is 0. The van der Waals surface area contributed by atoms with Crippen molar-refractivity contribution >= 4 is 0 Å². The lowest BCUT2D eigenvalue weighted by Gasteiger charge is -2.18. The minimum atomic E-state index is -0.112. The summed E-state index contributed by atoms with van der Waals surface area (Å²) in [6.45, 7) is 6.07. The Morgan fingerprint density at radius 3 is 2.41 bits per heavy atom. The molecule has 1 aromatic heterocycles. The van der Waals surface area contributed by atoms with Gasteiger partial charge in [-0.05, 0) is 6.42 Å². The molecule has 0 aliphatic carbocycles. The van der Waals surface area contributed by atoms with Gasteiger partial charge in [0.15, 0.2) is 18.0 Å². The maximum absolute atomic E-state index is 9.82. The molecule has 1 heterocycles. The summed E-state index contributed by atoms with van der Waals surface area (Å²) in [6, 6.07) is 1.39. The molecule has 0 aliphatic rings. The molecule has 0 fully saturated rings. The van der Waals surface area contributed by atoms with Gasteiger partial charge < -0.3 is 15.3 Å². The topological polar surface area (TPSA) is 64.6 Å². The van der Waals surface area contributed by atoms with E-state index >= 15 is 0 Å². The lowest BCUT2D eigenvalue weighted by Crippen LogP contribution is -2.47. The molecular weight excluding hydrogens is 218 g/mol. The Kier molecular flexibility index (Phi) is 4.75. The summed E-state index contributed by atoms with van der Waals surface area (Å²) in [7, 11) is 0. The van der Waals surface area contributed by atoms with Crippen molar-refractivity contribution in [1.29, 1.82) is 0 Å². The highest BCUT2D eigenvalue weighted by Gasteiger charge is 2.29. The highest BCUT2D eigenvalue weighted by Crippen LogP contribution is 2.28. The van der Waals surface area contributed by atoms with Crippen molar-refractivity contribution < 1.29 is 19.9 Å². The Balaban J connectivity index is 3.24. The number of aromatic nitrogens is 1. The fraction of sp³-hybridized carbons (Fsp3) is 0.615. The maximum Gasteiger partial charge on any atom is 0.227 e. The third kappa shape index (κ3) is 2.69. The van der Waals surface area contributed by atoms with Gasteiger partial charge in [0, 0.05) is 18.4 Å². The molecule has 0 radical (unpaired) electrons. The van der Waals surface area contributed by atoms with Crippen LogP contribution in [0.5, 0.6) is 11.5 Å². The molecule has 0 saturated heterocycles. The van der Waals surface area contributed by atoms with Gasteiger partial charge in [-0.2, -0.15) is 4.57 Å². The van der Waals surface area contributed by atoms with Crippen LogP contribution in [0.2, 0.25) is 0 Å². The summed E-state index contributed by atoms with van der Waals surface area (Å²) in [5.41, 5.74) is 0.657. The molecule has 17 heavy (non-hydrogen) atoms. The number of aliphatic hydroxyl groups excluding tert-OH is 1. The average molecular weight is 240 g/mol. The van der Waals surface area contributed by atoms with E-state index < -0.39 is 0 Å². The second-order valence-electron chi connectivity index (χ2n) is 4.39. The lowest BCUT2D eigenvalue weighted by atomic mass is 9.98. The average Bonchev–Trinajstić information content (AvgIpc) is 2.34. The van der Waals surface area contributed by atoms with Gasteiger partial charge in [0.25, 0.3) is 0 Å². The highest BCUT2D eigenvalue weighted by atomic mass is 16.3. The van der Waals surface area contributed by atoms with Crippen LogP contribution in [0.4, 0.5) is 0 Å². The van der Waals surface area contributed by atoms with E-state index in [1.54, 1.807) is 6.20 Å². The van der Waals surface area contributed by atoms with Crippen LogP contribution < -0.4 is 4.57 Å². The zero-order valence-corrected chi connectivity index (χ0v) is 10.7.